The molecule has 0 spiro atoms. The number of rotatable bonds is 1. The molecule has 0 fully saturated rings. The molecule has 0 unspecified atom stereocenters. The van der Waals surface area contributed by atoms with Gasteiger partial charge in [-0.1, -0.05) is 61.9 Å². The summed E-state index contributed by atoms with van der Waals surface area (Å²) >= 11 is 0. The Morgan fingerprint density at radius 2 is 1.61 bits per heavy atom. The first-order valence-electron chi connectivity index (χ1n) is 9.69. The van der Waals surface area contributed by atoms with Crippen molar-refractivity contribution in [3.63, 3.8) is 0 Å². The number of hydrogen-bond donors (Lipinski definition) is 1. The van der Waals surface area contributed by atoms with Gasteiger partial charge in [0.05, 0.1) is 11.4 Å². The van der Waals surface area contributed by atoms with Crippen molar-refractivity contribution in [3.05, 3.63) is 101 Å². The molecule has 1 N–H and O–H groups in total. The van der Waals surface area contributed by atoms with E-state index in [0.29, 0.717) is 5.76 Å². The fourth-order valence-electron chi connectivity index (χ4n) is 4.24. The molecule has 3 aromatic rings. The molecule has 2 nitrogen and oxygen atoms in total. The first kappa shape index (κ1) is 16.9. The third kappa shape index (κ3) is 2.56. The molecular weight excluding hydrogens is 342 g/mol. The van der Waals surface area contributed by atoms with E-state index in [4.69, 9.17) is 0 Å². The smallest absolute Gasteiger partial charge is 0.121 e. The van der Waals surface area contributed by atoms with Crippen molar-refractivity contribution >= 4 is 28.2 Å². The molecule has 0 amide bonds. The maximum atomic E-state index is 10.9. The second-order valence-electron chi connectivity index (χ2n) is 8.33. The molecule has 0 saturated carbocycles. The summed E-state index contributed by atoms with van der Waals surface area (Å²) in [6.45, 7) is 6.34. The van der Waals surface area contributed by atoms with Crippen LogP contribution in [0.5, 0.6) is 0 Å². The highest BCUT2D eigenvalue weighted by molar-refractivity contribution is 6.01. The van der Waals surface area contributed by atoms with Gasteiger partial charge in [0.2, 0.25) is 0 Å². The first-order chi connectivity index (χ1) is 13.4. The average molecular weight is 365 g/mol. The van der Waals surface area contributed by atoms with Crippen LogP contribution in [0.25, 0.3) is 16.8 Å². The Morgan fingerprint density at radius 1 is 0.857 bits per heavy atom. The van der Waals surface area contributed by atoms with Crippen molar-refractivity contribution < 1.29 is 5.11 Å². The lowest BCUT2D eigenvalue weighted by Crippen LogP contribution is -2.27. The molecule has 138 valence electrons. The van der Waals surface area contributed by atoms with Crippen LogP contribution < -0.4 is 4.90 Å². The number of hydrogen-bond acceptors (Lipinski definition) is 2. The van der Waals surface area contributed by atoms with E-state index in [2.05, 4.69) is 98.5 Å². The van der Waals surface area contributed by atoms with Gasteiger partial charge in [0.1, 0.15) is 5.76 Å². The zero-order chi connectivity index (χ0) is 19.5. The molecule has 0 bridgehead atoms. The van der Waals surface area contributed by atoms with Crippen molar-refractivity contribution in [1.82, 2.24) is 0 Å². The molecule has 1 aliphatic heterocycles. The van der Waals surface area contributed by atoms with Gasteiger partial charge in [-0.25, -0.2) is 0 Å². The molecule has 3 aromatic carbocycles. The van der Waals surface area contributed by atoms with Gasteiger partial charge in [-0.3, -0.25) is 0 Å². The predicted octanol–water partition coefficient (Wildman–Crippen LogP) is 7.05. The van der Waals surface area contributed by atoms with Crippen LogP contribution in [0, 0.1) is 12.3 Å². The van der Waals surface area contributed by atoms with E-state index in [1.54, 1.807) is 0 Å². The molecule has 0 saturated heterocycles. The maximum Gasteiger partial charge on any atom is 0.121 e. The van der Waals surface area contributed by atoms with E-state index in [9.17, 15) is 5.11 Å². The largest absolute Gasteiger partial charge is 0.508 e. The van der Waals surface area contributed by atoms with Crippen molar-refractivity contribution in [2.24, 2.45) is 5.41 Å². The third-order valence-corrected chi connectivity index (χ3v) is 5.58. The molecule has 1 aliphatic carbocycles. The van der Waals surface area contributed by atoms with Crippen LogP contribution in [0.2, 0.25) is 0 Å². The second kappa shape index (κ2) is 5.87. The van der Waals surface area contributed by atoms with Crippen LogP contribution >= 0.6 is 0 Å². The van der Waals surface area contributed by atoms with Gasteiger partial charge in [-0.15, -0.1) is 0 Å². The Bertz CT molecular complexity index is 1190. The molecule has 5 rings (SSSR count). The summed E-state index contributed by atoms with van der Waals surface area (Å²) in [5, 5.41) is 13.3. The van der Waals surface area contributed by atoms with E-state index in [1.807, 2.05) is 6.08 Å². The van der Waals surface area contributed by atoms with Crippen molar-refractivity contribution in [3.8, 4) is 0 Å². The Balaban J connectivity index is 1.85. The monoisotopic (exact) mass is 365 g/mol. The fraction of sp³-hybridized carbons (Fsp3) is 0.154. The Labute approximate surface area is 165 Å². The Kier molecular flexibility index (Phi) is 3.54. The van der Waals surface area contributed by atoms with Gasteiger partial charge in [0, 0.05) is 22.2 Å². The number of aliphatic hydroxyl groups is 1. The molecule has 0 radical (unpaired) electrons. The molecule has 28 heavy (non-hydrogen) atoms. The number of aliphatic hydroxyl groups excluding tert-OH is 1. The van der Waals surface area contributed by atoms with Crippen LogP contribution in [0.15, 0.2) is 89.8 Å². The minimum Gasteiger partial charge on any atom is -0.508 e. The lowest BCUT2D eigenvalue weighted by atomic mass is 9.81. The minimum absolute atomic E-state index is 0.214. The molecule has 1 heterocycles. The highest BCUT2D eigenvalue weighted by atomic mass is 16.3. The number of fused-ring (bicyclic) bond motifs is 4. The van der Waals surface area contributed by atoms with Crippen molar-refractivity contribution in [2.75, 3.05) is 4.90 Å². The highest BCUT2D eigenvalue weighted by Gasteiger charge is 2.33. The summed E-state index contributed by atoms with van der Waals surface area (Å²) in [5.74, 6) is 0.346. The summed E-state index contributed by atoms with van der Waals surface area (Å²) < 4.78 is 0. The first-order valence-corrected chi connectivity index (χ1v) is 9.69. The summed E-state index contributed by atoms with van der Waals surface area (Å²) in [4.78, 5) is 2.28. The fourth-order valence-corrected chi connectivity index (χ4v) is 4.24. The molecular formula is C26H23NO. The number of allylic oxidation sites excluding steroid dienone is 2. The van der Waals surface area contributed by atoms with E-state index >= 15 is 0 Å². The van der Waals surface area contributed by atoms with E-state index in [-0.39, 0.29) is 5.41 Å². The van der Waals surface area contributed by atoms with Gasteiger partial charge in [0.15, 0.2) is 0 Å². The number of benzene rings is 3. The topological polar surface area (TPSA) is 23.5 Å². The molecule has 2 aliphatic rings. The summed E-state index contributed by atoms with van der Waals surface area (Å²) in [5.41, 5.74) is 6.32. The van der Waals surface area contributed by atoms with Gasteiger partial charge < -0.3 is 10.0 Å². The summed E-state index contributed by atoms with van der Waals surface area (Å²) in [7, 11) is 0. The zero-order valence-corrected chi connectivity index (χ0v) is 16.4. The standard InChI is InChI=1S/C26H23NO/c1-17-8-11-19(12-9-17)27-23-13-10-18-6-4-5-7-20(18)21(23)14-22-24(27)15-26(2,3)16-25(22)28/h4-16,28H,1-3H3. The number of aryl methyl sites for hydroxylation is 1. The number of anilines is 2. The lowest BCUT2D eigenvalue weighted by Gasteiger charge is -2.38. The SMILES string of the molecule is Cc1ccc(N2C3=CC(C)(C)C=C(O)C3=Cc3c2ccc2ccccc32)cc1. The minimum atomic E-state index is -0.214. The predicted molar refractivity (Wildman–Crippen MR) is 118 cm³/mol. The van der Waals surface area contributed by atoms with Crippen LogP contribution in [0.1, 0.15) is 25.0 Å². The van der Waals surface area contributed by atoms with E-state index < -0.39 is 0 Å². The van der Waals surface area contributed by atoms with E-state index in [0.717, 1.165) is 28.2 Å². The van der Waals surface area contributed by atoms with Crippen molar-refractivity contribution in [1.29, 1.82) is 0 Å². The quantitative estimate of drug-likeness (QED) is 0.499. The average Bonchev–Trinajstić information content (AvgIpc) is 2.66. The van der Waals surface area contributed by atoms with Gasteiger partial charge >= 0.3 is 0 Å². The lowest BCUT2D eigenvalue weighted by molar-refractivity contribution is 0.405. The van der Waals surface area contributed by atoms with Gasteiger partial charge in [-0.2, -0.15) is 0 Å². The molecule has 2 heteroatoms. The highest BCUT2D eigenvalue weighted by Crippen LogP contribution is 2.48. The molecule has 0 aromatic heterocycles. The maximum absolute atomic E-state index is 10.9. The van der Waals surface area contributed by atoms with Crippen LogP contribution in [-0.4, -0.2) is 5.11 Å². The Hall–Kier alpha value is -3.26. The van der Waals surface area contributed by atoms with Crippen molar-refractivity contribution in [2.45, 2.75) is 20.8 Å². The van der Waals surface area contributed by atoms with Crippen LogP contribution in [0.4, 0.5) is 11.4 Å². The third-order valence-electron chi connectivity index (χ3n) is 5.58. The number of nitrogens with zero attached hydrogens (tertiary/aromatic N) is 1. The van der Waals surface area contributed by atoms with Gasteiger partial charge in [0.25, 0.3) is 0 Å². The zero-order valence-electron chi connectivity index (χ0n) is 16.4. The van der Waals surface area contributed by atoms with Gasteiger partial charge in [-0.05, 0) is 54.1 Å². The summed E-state index contributed by atoms with van der Waals surface area (Å²) in [6.07, 6.45) is 6.32. The van der Waals surface area contributed by atoms with Crippen LogP contribution in [0.3, 0.4) is 0 Å². The summed E-state index contributed by atoms with van der Waals surface area (Å²) in [6, 6.07) is 21.4. The molecule has 0 atom stereocenters. The van der Waals surface area contributed by atoms with Crippen LogP contribution in [-0.2, 0) is 0 Å². The second-order valence-corrected chi connectivity index (χ2v) is 8.33. The van der Waals surface area contributed by atoms with E-state index in [1.165, 1.54) is 16.3 Å². The Morgan fingerprint density at radius 3 is 2.39 bits per heavy atom. The normalized spacial score (nSPS) is 17.4.